The lowest BCUT2D eigenvalue weighted by atomic mass is 10.1. The third kappa shape index (κ3) is 4.60. The molecule has 1 fully saturated rings. The molecule has 1 aliphatic rings. The van der Waals surface area contributed by atoms with E-state index in [1.54, 1.807) is 36.4 Å². The third-order valence-electron chi connectivity index (χ3n) is 4.10. The first-order valence-corrected chi connectivity index (χ1v) is 8.21. The van der Waals surface area contributed by atoms with Crippen molar-refractivity contribution in [3.05, 3.63) is 59.9 Å². The average molecular weight is 372 g/mol. The average Bonchev–Trinajstić information content (AvgIpc) is 3.02. The van der Waals surface area contributed by atoms with E-state index >= 15 is 0 Å². The van der Waals surface area contributed by atoms with Gasteiger partial charge in [-0.1, -0.05) is 12.1 Å². The van der Waals surface area contributed by atoms with Crippen molar-refractivity contribution < 1.29 is 28.2 Å². The van der Waals surface area contributed by atoms with Gasteiger partial charge in [-0.2, -0.15) is 0 Å². The van der Waals surface area contributed by atoms with Gasteiger partial charge in [-0.25, -0.2) is 9.18 Å². The van der Waals surface area contributed by atoms with Crippen LogP contribution in [-0.2, 0) is 20.9 Å². The number of hydrogen-bond acceptors (Lipinski definition) is 5. The number of ether oxygens (including phenoxy) is 2. The number of primary amides is 1. The number of hydrogen-bond donors (Lipinski definition) is 1. The van der Waals surface area contributed by atoms with Crippen LogP contribution >= 0.6 is 0 Å². The van der Waals surface area contributed by atoms with Crippen molar-refractivity contribution in [3.8, 4) is 5.75 Å². The third-order valence-corrected chi connectivity index (χ3v) is 4.10. The first-order chi connectivity index (χ1) is 12.9. The van der Waals surface area contributed by atoms with Gasteiger partial charge in [0.2, 0.25) is 5.91 Å². The molecule has 1 aliphatic heterocycles. The Kier molecular flexibility index (Phi) is 5.35. The summed E-state index contributed by atoms with van der Waals surface area (Å²) in [7, 11) is 0. The summed E-state index contributed by atoms with van der Waals surface area (Å²) in [5, 5.41) is 0. The van der Waals surface area contributed by atoms with Crippen LogP contribution in [0.4, 0.5) is 14.9 Å². The first kappa shape index (κ1) is 18.4. The number of carbonyl (C=O) groups is 3. The molecule has 0 aliphatic carbocycles. The molecule has 2 aromatic rings. The van der Waals surface area contributed by atoms with E-state index in [1.165, 1.54) is 17.0 Å². The van der Waals surface area contributed by atoms with E-state index in [1.807, 2.05) is 0 Å². The zero-order chi connectivity index (χ0) is 19.4. The first-order valence-electron chi connectivity index (χ1n) is 8.21. The van der Waals surface area contributed by atoms with E-state index in [2.05, 4.69) is 4.74 Å². The zero-order valence-corrected chi connectivity index (χ0v) is 14.3. The molecule has 8 heteroatoms. The van der Waals surface area contributed by atoms with Crippen LogP contribution in [0.15, 0.2) is 48.5 Å². The van der Waals surface area contributed by atoms with Crippen LogP contribution in [0.2, 0.25) is 0 Å². The Balaban J connectivity index is 1.60. The zero-order valence-electron chi connectivity index (χ0n) is 14.3. The molecule has 3 rings (SSSR count). The van der Waals surface area contributed by atoms with Crippen LogP contribution in [0, 0.1) is 11.7 Å². The van der Waals surface area contributed by atoms with Gasteiger partial charge in [0, 0.05) is 18.7 Å². The molecule has 0 saturated carbocycles. The van der Waals surface area contributed by atoms with Crippen LogP contribution in [-0.4, -0.2) is 24.5 Å². The summed E-state index contributed by atoms with van der Waals surface area (Å²) >= 11 is 0. The minimum absolute atomic E-state index is 0.0517. The second-order valence-corrected chi connectivity index (χ2v) is 6.06. The van der Waals surface area contributed by atoms with Crippen molar-refractivity contribution in [3.63, 3.8) is 0 Å². The van der Waals surface area contributed by atoms with Gasteiger partial charge in [-0.05, 0) is 42.0 Å². The van der Waals surface area contributed by atoms with Crippen molar-refractivity contribution in [2.45, 2.75) is 13.0 Å². The van der Waals surface area contributed by atoms with Gasteiger partial charge in [0.05, 0.1) is 5.92 Å². The van der Waals surface area contributed by atoms with Crippen molar-refractivity contribution in [1.82, 2.24) is 0 Å². The van der Waals surface area contributed by atoms with Gasteiger partial charge in [0.25, 0.3) is 0 Å². The fourth-order valence-corrected chi connectivity index (χ4v) is 2.81. The highest BCUT2D eigenvalue weighted by atomic mass is 19.1. The number of esters is 1. The molecule has 0 bridgehead atoms. The smallest absolute Gasteiger partial charge is 0.412 e. The van der Waals surface area contributed by atoms with Gasteiger partial charge in [0.1, 0.15) is 18.2 Å². The van der Waals surface area contributed by atoms with E-state index in [-0.39, 0.29) is 31.3 Å². The number of rotatable bonds is 5. The number of amides is 2. The molecule has 27 heavy (non-hydrogen) atoms. The number of anilines is 1. The van der Waals surface area contributed by atoms with Crippen LogP contribution in [0.25, 0.3) is 0 Å². The van der Waals surface area contributed by atoms with Gasteiger partial charge in [0.15, 0.2) is 0 Å². The Labute approximate surface area is 154 Å². The van der Waals surface area contributed by atoms with E-state index < -0.39 is 18.0 Å². The minimum Gasteiger partial charge on any atom is -0.489 e. The van der Waals surface area contributed by atoms with Gasteiger partial charge < -0.3 is 20.1 Å². The molecule has 0 spiro atoms. The molecule has 1 atom stereocenters. The largest absolute Gasteiger partial charge is 0.489 e. The van der Waals surface area contributed by atoms with Crippen molar-refractivity contribution in [2.24, 2.45) is 11.7 Å². The van der Waals surface area contributed by atoms with E-state index in [4.69, 9.17) is 10.5 Å². The highest BCUT2D eigenvalue weighted by Crippen LogP contribution is 2.27. The molecule has 7 nitrogen and oxygen atoms in total. The van der Waals surface area contributed by atoms with Crippen LogP contribution in [0.3, 0.4) is 0 Å². The van der Waals surface area contributed by atoms with Crippen molar-refractivity contribution in [2.75, 3.05) is 11.4 Å². The molecule has 0 radical (unpaired) electrons. The summed E-state index contributed by atoms with van der Waals surface area (Å²) in [5.74, 6) is -1.58. The van der Waals surface area contributed by atoms with Crippen molar-refractivity contribution >= 4 is 23.7 Å². The highest BCUT2D eigenvalue weighted by Gasteiger charge is 2.36. The number of halogens is 1. The maximum Gasteiger partial charge on any atom is 0.412 e. The Morgan fingerprint density at radius 1 is 1.19 bits per heavy atom. The molecule has 140 valence electrons. The summed E-state index contributed by atoms with van der Waals surface area (Å²) in [6.45, 7) is 0.315. The lowest BCUT2D eigenvalue weighted by Crippen LogP contribution is -2.28. The maximum absolute atomic E-state index is 13.2. The van der Waals surface area contributed by atoms with Gasteiger partial charge >= 0.3 is 12.1 Å². The Bertz CT molecular complexity index is 869. The molecule has 2 aromatic carbocycles. The Hall–Kier alpha value is -3.42. The predicted octanol–water partition coefficient (Wildman–Crippen LogP) is 2.38. The second-order valence-electron chi connectivity index (χ2n) is 6.06. The second kappa shape index (κ2) is 7.86. The maximum atomic E-state index is 13.2. The summed E-state index contributed by atoms with van der Waals surface area (Å²) in [5.41, 5.74) is 6.11. The molecule has 0 aromatic heterocycles. The van der Waals surface area contributed by atoms with E-state index in [0.29, 0.717) is 17.0 Å². The molecular weight excluding hydrogens is 355 g/mol. The van der Waals surface area contributed by atoms with Crippen LogP contribution in [0.1, 0.15) is 12.0 Å². The topological polar surface area (TPSA) is 98.9 Å². The SMILES string of the molecule is NC(=O)OC(=O)C1CC(=O)N(c2ccc(OCc3cccc(F)c3)cc2)C1. The number of carbonyl (C=O) groups excluding carboxylic acids is 3. The van der Waals surface area contributed by atoms with Gasteiger partial charge in [-0.15, -0.1) is 0 Å². The summed E-state index contributed by atoms with van der Waals surface area (Å²) in [4.78, 5) is 36.0. The van der Waals surface area contributed by atoms with Crippen LogP contribution < -0.4 is 15.4 Å². The minimum atomic E-state index is -1.19. The number of nitrogens with zero attached hydrogens (tertiary/aromatic N) is 1. The van der Waals surface area contributed by atoms with Crippen molar-refractivity contribution in [1.29, 1.82) is 0 Å². The quantitative estimate of drug-likeness (QED) is 0.642. The summed E-state index contributed by atoms with van der Waals surface area (Å²) in [6.07, 6.45) is -1.24. The van der Waals surface area contributed by atoms with E-state index in [0.717, 1.165) is 0 Å². The fourth-order valence-electron chi connectivity index (χ4n) is 2.81. The summed E-state index contributed by atoms with van der Waals surface area (Å²) in [6, 6.07) is 12.8. The fraction of sp³-hybridized carbons (Fsp3) is 0.211. The van der Waals surface area contributed by atoms with Crippen LogP contribution in [0.5, 0.6) is 5.75 Å². The van der Waals surface area contributed by atoms with Gasteiger partial charge in [-0.3, -0.25) is 9.59 Å². The molecule has 1 saturated heterocycles. The molecule has 1 heterocycles. The standard InChI is InChI=1S/C19H17FN2O5/c20-14-3-1-2-12(8-14)11-26-16-6-4-15(5-7-16)22-10-13(9-17(22)23)18(24)27-19(21)25/h1-8,13H,9-11H2,(H2,21,25). The molecule has 1 unspecified atom stereocenters. The number of nitrogens with two attached hydrogens (primary N) is 1. The monoisotopic (exact) mass is 372 g/mol. The molecule has 2 amide bonds. The Morgan fingerprint density at radius 3 is 2.59 bits per heavy atom. The predicted molar refractivity (Wildman–Crippen MR) is 93.3 cm³/mol. The molecule has 2 N–H and O–H groups in total. The highest BCUT2D eigenvalue weighted by molar-refractivity contribution is 6.00. The van der Waals surface area contributed by atoms with E-state index in [9.17, 15) is 18.8 Å². The lowest BCUT2D eigenvalue weighted by molar-refractivity contribution is -0.141. The molecular formula is C19H17FN2O5. The number of benzene rings is 2. The lowest BCUT2D eigenvalue weighted by Gasteiger charge is -2.17. The normalized spacial score (nSPS) is 16.3. The summed E-state index contributed by atoms with van der Waals surface area (Å²) < 4.78 is 23.1. The Morgan fingerprint density at radius 2 is 1.93 bits per heavy atom.